The minimum absolute atomic E-state index is 0.133. The Morgan fingerprint density at radius 1 is 1.50 bits per heavy atom. The summed E-state index contributed by atoms with van der Waals surface area (Å²) in [6.45, 7) is 6.30. The van der Waals surface area contributed by atoms with Crippen LogP contribution < -0.4 is 10.6 Å². The third-order valence-corrected chi connectivity index (χ3v) is 5.46. The maximum atomic E-state index is 12.3. The van der Waals surface area contributed by atoms with Crippen molar-refractivity contribution in [2.75, 3.05) is 23.7 Å². The molecule has 2 N–H and O–H groups in total. The van der Waals surface area contributed by atoms with Gasteiger partial charge in [0.25, 0.3) is 0 Å². The molecule has 2 heterocycles. The zero-order chi connectivity index (χ0) is 14.5. The van der Waals surface area contributed by atoms with Crippen LogP contribution in [0, 0.1) is 22.7 Å². The van der Waals surface area contributed by atoms with Gasteiger partial charge in [0.2, 0.25) is 0 Å². The third kappa shape index (κ3) is 2.18. The molecule has 1 saturated carbocycles. The number of hydrogen-bond donors (Lipinski definition) is 1. The standard InChI is InChI=1S/C15H19N3OS/c1-15(2)5-6-18(8-15)14-10(7-16)11(17)13(20-14)12(19)9-3-4-9/h9H,3-6,8,17H2,1-2H3. The van der Waals surface area contributed by atoms with Gasteiger partial charge in [0.1, 0.15) is 16.6 Å². The smallest absolute Gasteiger partial charge is 0.178 e. The number of ketones is 1. The minimum Gasteiger partial charge on any atom is -0.396 e. The molecule has 1 saturated heterocycles. The maximum Gasteiger partial charge on any atom is 0.178 e. The fourth-order valence-electron chi connectivity index (χ4n) is 2.76. The van der Waals surface area contributed by atoms with Gasteiger partial charge in [-0.15, -0.1) is 11.3 Å². The molecule has 0 spiro atoms. The Morgan fingerprint density at radius 2 is 2.20 bits per heavy atom. The first-order valence-electron chi connectivity index (χ1n) is 7.04. The number of carbonyl (C=O) groups is 1. The average Bonchev–Trinajstić information content (AvgIpc) is 3.10. The lowest BCUT2D eigenvalue weighted by Crippen LogP contribution is -2.22. The molecule has 1 aliphatic heterocycles. The molecule has 2 aliphatic rings. The highest BCUT2D eigenvalue weighted by Crippen LogP contribution is 2.45. The van der Waals surface area contributed by atoms with E-state index in [0.717, 1.165) is 37.4 Å². The molecule has 0 atom stereocenters. The van der Waals surface area contributed by atoms with Gasteiger partial charge in [-0.2, -0.15) is 5.26 Å². The zero-order valence-corrected chi connectivity index (χ0v) is 12.7. The Labute approximate surface area is 123 Å². The van der Waals surface area contributed by atoms with E-state index in [1.165, 1.54) is 11.3 Å². The summed E-state index contributed by atoms with van der Waals surface area (Å²) in [5.74, 6) is 0.277. The van der Waals surface area contributed by atoms with Crippen molar-refractivity contribution in [1.29, 1.82) is 5.26 Å². The number of rotatable bonds is 3. The summed E-state index contributed by atoms with van der Waals surface area (Å²) in [6.07, 6.45) is 3.02. The van der Waals surface area contributed by atoms with Crippen molar-refractivity contribution in [3.05, 3.63) is 10.4 Å². The van der Waals surface area contributed by atoms with Crippen LogP contribution in [0.4, 0.5) is 10.7 Å². The predicted molar refractivity (Wildman–Crippen MR) is 81.1 cm³/mol. The van der Waals surface area contributed by atoms with Crippen LogP contribution in [-0.2, 0) is 0 Å². The van der Waals surface area contributed by atoms with E-state index in [2.05, 4.69) is 24.8 Å². The molecular weight excluding hydrogens is 270 g/mol. The van der Waals surface area contributed by atoms with E-state index in [-0.39, 0.29) is 17.1 Å². The van der Waals surface area contributed by atoms with Crippen molar-refractivity contribution in [1.82, 2.24) is 0 Å². The van der Waals surface area contributed by atoms with Crippen molar-refractivity contribution in [3.8, 4) is 6.07 Å². The van der Waals surface area contributed by atoms with Gasteiger partial charge in [-0.3, -0.25) is 4.79 Å². The normalized spacial score (nSPS) is 20.9. The topological polar surface area (TPSA) is 70.1 Å². The highest BCUT2D eigenvalue weighted by Gasteiger charge is 2.37. The summed E-state index contributed by atoms with van der Waals surface area (Å²) < 4.78 is 0. The van der Waals surface area contributed by atoms with Gasteiger partial charge in [0, 0.05) is 19.0 Å². The Morgan fingerprint density at radius 3 is 2.70 bits per heavy atom. The Bertz CT molecular complexity index is 607. The molecule has 20 heavy (non-hydrogen) atoms. The van der Waals surface area contributed by atoms with E-state index in [9.17, 15) is 10.1 Å². The minimum atomic E-state index is 0.133. The Kier molecular flexibility index (Phi) is 3.02. The molecule has 0 aromatic carbocycles. The lowest BCUT2D eigenvalue weighted by atomic mass is 9.93. The van der Waals surface area contributed by atoms with Crippen LogP contribution in [0.5, 0.6) is 0 Å². The molecule has 0 amide bonds. The first-order valence-corrected chi connectivity index (χ1v) is 7.86. The van der Waals surface area contributed by atoms with Gasteiger partial charge >= 0.3 is 0 Å². The van der Waals surface area contributed by atoms with Crippen molar-refractivity contribution < 1.29 is 4.79 Å². The van der Waals surface area contributed by atoms with Crippen molar-refractivity contribution in [2.45, 2.75) is 33.1 Å². The second kappa shape index (κ2) is 4.49. The Balaban J connectivity index is 1.97. The summed E-state index contributed by atoms with van der Waals surface area (Å²) in [5, 5.41) is 10.3. The molecule has 3 rings (SSSR count). The average molecular weight is 289 g/mol. The first-order chi connectivity index (χ1) is 9.43. The van der Waals surface area contributed by atoms with E-state index < -0.39 is 0 Å². The van der Waals surface area contributed by atoms with Crippen molar-refractivity contribution in [3.63, 3.8) is 0 Å². The number of nitrogen functional groups attached to an aromatic ring is 1. The Hall–Kier alpha value is -1.54. The molecule has 1 aliphatic carbocycles. The maximum absolute atomic E-state index is 12.3. The molecule has 5 heteroatoms. The van der Waals surface area contributed by atoms with Crippen LogP contribution in [-0.4, -0.2) is 18.9 Å². The molecule has 4 nitrogen and oxygen atoms in total. The van der Waals surface area contributed by atoms with Crippen LogP contribution >= 0.6 is 11.3 Å². The first kappa shape index (κ1) is 13.4. The van der Waals surface area contributed by atoms with Gasteiger partial charge in [0.15, 0.2) is 5.78 Å². The highest BCUT2D eigenvalue weighted by molar-refractivity contribution is 7.19. The summed E-state index contributed by atoms with van der Waals surface area (Å²) in [7, 11) is 0. The van der Waals surface area contributed by atoms with Gasteiger partial charge in [-0.05, 0) is 24.7 Å². The van der Waals surface area contributed by atoms with Gasteiger partial charge in [-0.25, -0.2) is 0 Å². The number of thiophene rings is 1. The second-order valence-electron chi connectivity index (χ2n) is 6.61. The molecule has 2 fully saturated rings. The van der Waals surface area contributed by atoms with Crippen molar-refractivity contribution in [2.24, 2.45) is 11.3 Å². The lowest BCUT2D eigenvalue weighted by molar-refractivity contribution is 0.0972. The fourth-order valence-corrected chi connectivity index (χ4v) is 3.98. The van der Waals surface area contributed by atoms with Gasteiger partial charge in [0.05, 0.1) is 10.6 Å². The number of nitrogens with two attached hydrogens (primary N) is 1. The molecular formula is C15H19N3OS. The van der Waals surface area contributed by atoms with Crippen LogP contribution in [0.3, 0.4) is 0 Å². The summed E-state index contributed by atoms with van der Waals surface area (Å²) >= 11 is 1.41. The van der Waals surface area contributed by atoms with Crippen LogP contribution in [0.1, 0.15) is 48.3 Å². The van der Waals surface area contributed by atoms with Crippen LogP contribution in [0.15, 0.2) is 0 Å². The largest absolute Gasteiger partial charge is 0.396 e. The van der Waals surface area contributed by atoms with E-state index in [4.69, 9.17) is 5.73 Å². The van der Waals surface area contributed by atoms with E-state index in [1.807, 2.05) is 0 Å². The lowest BCUT2D eigenvalue weighted by Gasteiger charge is -2.20. The number of anilines is 2. The zero-order valence-electron chi connectivity index (χ0n) is 11.9. The highest BCUT2D eigenvalue weighted by atomic mass is 32.1. The van der Waals surface area contributed by atoms with Crippen LogP contribution in [0.25, 0.3) is 0 Å². The number of Topliss-reactive ketones (excluding diaryl/α,β-unsaturated/α-hetero) is 1. The van der Waals surface area contributed by atoms with Crippen LogP contribution in [0.2, 0.25) is 0 Å². The van der Waals surface area contributed by atoms with E-state index in [0.29, 0.717) is 16.1 Å². The van der Waals surface area contributed by atoms with E-state index >= 15 is 0 Å². The monoisotopic (exact) mass is 289 g/mol. The molecule has 0 bridgehead atoms. The second-order valence-corrected chi connectivity index (χ2v) is 7.61. The number of nitriles is 1. The summed E-state index contributed by atoms with van der Waals surface area (Å²) in [5.41, 5.74) is 7.21. The molecule has 1 aromatic heterocycles. The van der Waals surface area contributed by atoms with Crippen molar-refractivity contribution >= 4 is 27.8 Å². The summed E-state index contributed by atoms with van der Waals surface area (Å²) in [4.78, 5) is 15.1. The van der Waals surface area contributed by atoms with Gasteiger partial charge < -0.3 is 10.6 Å². The third-order valence-electron chi connectivity index (χ3n) is 4.17. The molecule has 1 aromatic rings. The molecule has 0 radical (unpaired) electrons. The molecule has 0 unspecified atom stereocenters. The number of nitrogens with zero attached hydrogens (tertiary/aromatic N) is 2. The van der Waals surface area contributed by atoms with E-state index in [1.54, 1.807) is 0 Å². The SMILES string of the molecule is CC1(C)CCN(c2sc(C(=O)C3CC3)c(N)c2C#N)C1. The fraction of sp³-hybridized carbons (Fsp3) is 0.600. The quantitative estimate of drug-likeness (QED) is 0.868. The predicted octanol–water partition coefficient (Wildman–Crippen LogP) is 3.03. The molecule has 106 valence electrons. The van der Waals surface area contributed by atoms with Gasteiger partial charge in [-0.1, -0.05) is 13.8 Å². The number of carbonyl (C=O) groups excluding carboxylic acids is 1. The summed E-state index contributed by atoms with van der Waals surface area (Å²) in [6, 6.07) is 2.19. The number of hydrogen-bond acceptors (Lipinski definition) is 5.